The second-order valence-electron chi connectivity index (χ2n) is 6.38. The molecule has 3 rings (SSSR count). The van der Waals surface area contributed by atoms with Crippen molar-refractivity contribution in [3.63, 3.8) is 0 Å². The van der Waals surface area contributed by atoms with Crippen LogP contribution in [-0.4, -0.2) is 11.0 Å². The van der Waals surface area contributed by atoms with E-state index in [1.54, 1.807) is 0 Å². The van der Waals surface area contributed by atoms with Gasteiger partial charge in [-0.1, -0.05) is 32.0 Å². The second-order valence-corrected chi connectivity index (χ2v) is 6.38. The molecule has 19 heavy (non-hydrogen) atoms. The highest BCUT2D eigenvalue weighted by atomic mass is 16.3. The zero-order valence-electron chi connectivity index (χ0n) is 11.5. The van der Waals surface area contributed by atoms with Gasteiger partial charge in [0.15, 0.2) is 5.60 Å². The highest BCUT2D eigenvalue weighted by Crippen LogP contribution is 2.48. The quantitative estimate of drug-likeness (QED) is 0.814. The first kappa shape index (κ1) is 12.7. The standard InChI is InChI=1S/C16H21NO2/c1-10-7-11(2)9-12(8-10)16(19)13-5-3-4-6-14(13)17-15(16)18/h3-6,10-12,19H,7-9H2,1-2H3,(H,17,18). The lowest BCUT2D eigenvalue weighted by molar-refractivity contribution is -0.143. The van der Waals surface area contributed by atoms with E-state index in [9.17, 15) is 9.90 Å². The van der Waals surface area contributed by atoms with E-state index in [-0.39, 0.29) is 11.8 Å². The third-order valence-corrected chi connectivity index (χ3v) is 4.70. The Morgan fingerprint density at radius 2 is 1.79 bits per heavy atom. The van der Waals surface area contributed by atoms with Crippen LogP contribution in [0.25, 0.3) is 0 Å². The van der Waals surface area contributed by atoms with Crippen molar-refractivity contribution in [1.82, 2.24) is 0 Å². The number of para-hydroxylation sites is 1. The molecule has 0 spiro atoms. The average molecular weight is 259 g/mol. The molecular formula is C16H21NO2. The van der Waals surface area contributed by atoms with E-state index in [1.165, 1.54) is 6.42 Å². The van der Waals surface area contributed by atoms with Gasteiger partial charge in [-0.15, -0.1) is 0 Å². The largest absolute Gasteiger partial charge is 0.375 e. The number of fused-ring (bicyclic) bond motifs is 1. The number of benzene rings is 1. The third-order valence-electron chi connectivity index (χ3n) is 4.70. The number of rotatable bonds is 1. The van der Waals surface area contributed by atoms with Gasteiger partial charge in [0.05, 0.1) is 0 Å². The molecule has 1 aromatic carbocycles. The summed E-state index contributed by atoms with van der Waals surface area (Å²) in [5, 5.41) is 13.9. The Balaban J connectivity index is 2.00. The molecular weight excluding hydrogens is 238 g/mol. The van der Waals surface area contributed by atoms with Crippen molar-refractivity contribution >= 4 is 11.6 Å². The zero-order valence-corrected chi connectivity index (χ0v) is 11.5. The first-order chi connectivity index (χ1) is 9.01. The molecule has 1 aliphatic heterocycles. The van der Waals surface area contributed by atoms with Gasteiger partial charge in [-0.3, -0.25) is 4.79 Å². The van der Waals surface area contributed by atoms with Crippen LogP contribution in [0.4, 0.5) is 5.69 Å². The molecule has 0 saturated heterocycles. The van der Waals surface area contributed by atoms with Crippen LogP contribution in [0.15, 0.2) is 24.3 Å². The van der Waals surface area contributed by atoms with Crippen molar-refractivity contribution in [2.24, 2.45) is 17.8 Å². The van der Waals surface area contributed by atoms with Crippen LogP contribution < -0.4 is 5.32 Å². The maximum Gasteiger partial charge on any atom is 0.261 e. The molecule has 1 heterocycles. The van der Waals surface area contributed by atoms with Crippen LogP contribution >= 0.6 is 0 Å². The summed E-state index contributed by atoms with van der Waals surface area (Å²) in [5.74, 6) is 0.909. The molecule has 1 saturated carbocycles. The summed E-state index contributed by atoms with van der Waals surface area (Å²) in [6.07, 6.45) is 3.03. The summed E-state index contributed by atoms with van der Waals surface area (Å²) >= 11 is 0. The predicted octanol–water partition coefficient (Wildman–Crippen LogP) is 2.90. The predicted molar refractivity (Wildman–Crippen MR) is 74.6 cm³/mol. The molecule has 3 unspecified atom stereocenters. The van der Waals surface area contributed by atoms with Crippen LogP contribution in [-0.2, 0) is 10.4 Å². The van der Waals surface area contributed by atoms with E-state index in [4.69, 9.17) is 0 Å². The minimum Gasteiger partial charge on any atom is -0.375 e. The number of hydrogen-bond donors (Lipinski definition) is 2. The van der Waals surface area contributed by atoms with Crippen LogP contribution in [0, 0.1) is 17.8 Å². The second kappa shape index (κ2) is 4.34. The molecule has 1 aromatic rings. The fourth-order valence-corrected chi connectivity index (χ4v) is 3.96. The lowest BCUT2D eigenvalue weighted by Gasteiger charge is -2.39. The number of anilines is 1. The van der Waals surface area contributed by atoms with Gasteiger partial charge in [-0.05, 0) is 37.2 Å². The van der Waals surface area contributed by atoms with Crippen molar-refractivity contribution in [3.8, 4) is 0 Å². The van der Waals surface area contributed by atoms with Crippen molar-refractivity contribution < 1.29 is 9.90 Å². The van der Waals surface area contributed by atoms with E-state index < -0.39 is 5.60 Å². The molecule has 3 atom stereocenters. The Morgan fingerprint density at radius 3 is 2.47 bits per heavy atom. The zero-order chi connectivity index (χ0) is 13.6. The number of aliphatic hydroxyl groups is 1. The van der Waals surface area contributed by atoms with Gasteiger partial charge in [-0.2, -0.15) is 0 Å². The van der Waals surface area contributed by atoms with Crippen molar-refractivity contribution in [2.75, 3.05) is 5.32 Å². The average Bonchev–Trinajstić information content (AvgIpc) is 2.62. The first-order valence-corrected chi connectivity index (χ1v) is 7.15. The van der Waals surface area contributed by atoms with Crippen molar-refractivity contribution in [2.45, 2.75) is 38.7 Å². The topological polar surface area (TPSA) is 49.3 Å². The minimum atomic E-state index is -1.33. The number of nitrogens with one attached hydrogen (secondary N) is 1. The van der Waals surface area contributed by atoms with Gasteiger partial charge in [-0.25, -0.2) is 0 Å². The van der Waals surface area contributed by atoms with Crippen LogP contribution in [0.2, 0.25) is 0 Å². The van der Waals surface area contributed by atoms with E-state index >= 15 is 0 Å². The highest BCUT2D eigenvalue weighted by Gasteiger charge is 2.52. The summed E-state index contributed by atoms with van der Waals surface area (Å²) in [5.41, 5.74) is 0.187. The molecule has 2 aliphatic rings. The number of amides is 1. The summed E-state index contributed by atoms with van der Waals surface area (Å²) < 4.78 is 0. The van der Waals surface area contributed by atoms with E-state index in [0.717, 1.165) is 24.1 Å². The van der Waals surface area contributed by atoms with Gasteiger partial charge < -0.3 is 10.4 Å². The molecule has 1 amide bonds. The van der Waals surface area contributed by atoms with Crippen LogP contribution in [0.1, 0.15) is 38.7 Å². The van der Waals surface area contributed by atoms with Gasteiger partial charge in [0.1, 0.15) is 0 Å². The molecule has 3 heteroatoms. The summed E-state index contributed by atoms with van der Waals surface area (Å²) in [7, 11) is 0. The monoisotopic (exact) mass is 259 g/mol. The van der Waals surface area contributed by atoms with Crippen molar-refractivity contribution in [3.05, 3.63) is 29.8 Å². The fraction of sp³-hybridized carbons (Fsp3) is 0.562. The third kappa shape index (κ3) is 1.88. The number of carbonyl (C=O) groups excluding carboxylic acids is 1. The summed E-state index contributed by atoms with van der Waals surface area (Å²) in [6, 6.07) is 7.51. The number of hydrogen-bond acceptors (Lipinski definition) is 2. The van der Waals surface area contributed by atoms with Gasteiger partial charge in [0, 0.05) is 17.2 Å². The molecule has 102 valence electrons. The van der Waals surface area contributed by atoms with Gasteiger partial charge >= 0.3 is 0 Å². The molecule has 0 radical (unpaired) electrons. The molecule has 0 bridgehead atoms. The van der Waals surface area contributed by atoms with Crippen LogP contribution in [0.5, 0.6) is 0 Å². The maximum atomic E-state index is 12.3. The Labute approximate surface area is 114 Å². The van der Waals surface area contributed by atoms with Crippen molar-refractivity contribution in [1.29, 1.82) is 0 Å². The van der Waals surface area contributed by atoms with Crippen LogP contribution in [0.3, 0.4) is 0 Å². The van der Waals surface area contributed by atoms with Gasteiger partial charge in [0.2, 0.25) is 0 Å². The Morgan fingerprint density at radius 1 is 1.16 bits per heavy atom. The summed E-state index contributed by atoms with van der Waals surface area (Å²) in [6.45, 7) is 4.43. The molecule has 1 fully saturated rings. The molecule has 2 N–H and O–H groups in total. The summed E-state index contributed by atoms with van der Waals surface area (Å²) in [4.78, 5) is 12.3. The van der Waals surface area contributed by atoms with Gasteiger partial charge in [0.25, 0.3) is 5.91 Å². The maximum absolute atomic E-state index is 12.3. The first-order valence-electron chi connectivity index (χ1n) is 7.15. The lowest BCUT2D eigenvalue weighted by atomic mass is 9.68. The van der Waals surface area contributed by atoms with E-state index in [1.807, 2.05) is 24.3 Å². The number of carbonyl (C=O) groups is 1. The SMILES string of the molecule is CC1CC(C)CC(C2(O)C(=O)Nc3ccccc32)C1. The van der Waals surface area contributed by atoms with E-state index in [2.05, 4.69) is 19.2 Å². The molecule has 1 aliphatic carbocycles. The molecule has 3 nitrogen and oxygen atoms in total. The highest BCUT2D eigenvalue weighted by molar-refractivity contribution is 6.05. The van der Waals surface area contributed by atoms with E-state index in [0.29, 0.717) is 11.8 Å². The minimum absolute atomic E-state index is 0.0231. The molecule has 0 aromatic heterocycles. The fourth-order valence-electron chi connectivity index (χ4n) is 3.96. The Kier molecular flexibility index (Phi) is 2.90. The normalized spacial score (nSPS) is 37.8. The Hall–Kier alpha value is -1.35. The lowest BCUT2D eigenvalue weighted by Crippen LogP contribution is -2.44. The smallest absolute Gasteiger partial charge is 0.261 e. The Bertz CT molecular complexity index is 503.